The van der Waals surface area contributed by atoms with E-state index in [-0.39, 0.29) is 29.7 Å². The molecule has 0 saturated heterocycles. The van der Waals surface area contributed by atoms with Gasteiger partial charge in [0.05, 0.1) is 9.90 Å². The molecule has 1 atom stereocenters. The lowest BCUT2D eigenvalue weighted by molar-refractivity contribution is -0.119. The smallest absolute Gasteiger partial charge is 0.263 e. The van der Waals surface area contributed by atoms with Crippen LogP contribution in [0.2, 0.25) is 9.36 Å². The Morgan fingerprint density at radius 3 is 2.45 bits per heavy atom. The third-order valence-electron chi connectivity index (χ3n) is 3.25. The predicted molar refractivity (Wildman–Crippen MR) is 93.4 cm³/mol. The van der Waals surface area contributed by atoms with Gasteiger partial charge in [0.2, 0.25) is 5.91 Å². The molecular formula is C14H19Cl3N2O2S. The lowest BCUT2D eigenvalue weighted by Crippen LogP contribution is -2.42. The molecule has 0 saturated carbocycles. The second-order valence-corrected chi connectivity index (χ2v) is 7.63. The lowest BCUT2D eigenvalue weighted by Gasteiger charge is -2.25. The topological polar surface area (TPSA) is 49.4 Å². The second-order valence-electron chi connectivity index (χ2n) is 5.30. The fraction of sp³-hybridized carbons (Fsp3) is 0.571. The highest BCUT2D eigenvalue weighted by molar-refractivity contribution is 7.18. The van der Waals surface area contributed by atoms with Crippen molar-refractivity contribution in [2.24, 2.45) is 5.92 Å². The van der Waals surface area contributed by atoms with Gasteiger partial charge in [-0.1, -0.05) is 37.0 Å². The molecule has 1 aromatic rings. The fourth-order valence-corrected chi connectivity index (χ4v) is 3.33. The number of hydrogen-bond acceptors (Lipinski definition) is 3. The summed E-state index contributed by atoms with van der Waals surface area (Å²) in [5.41, 5.74) is 0. The first-order chi connectivity index (χ1) is 10.3. The molecule has 0 aromatic carbocycles. The van der Waals surface area contributed by atoms with Crippen LogP contribution in [0.5, 0.6) is 0 Å². The predicted octanol–water partition coefficient (Wildman–Crippen LogP) is 3.90. The van der Waals surface area contributed by atoms with E-state index in [1.54, 1.807) is 18.0 Å². The van der Waals surface area contributed by atoms with E-state index in [1.165, 1.54) is 0 Å². The Morgan fingerprint density at radius 1 is 1.36 bits per heavy atom. The number of thiophene rings is 1. The SMILES string of the molecule is CC(C)C(CCN(C)C(=O)c1cc(Cl)c(Cl)s1)NC(=O)CCl. The van der Waals surface area contributed by atoms with Crippen molar-refractivity contribution in [3.05, 3.63) is 20.3 Å². The number of alkyl halides is 1. The molecule has 0 spiro atoms. The summed E-state index contributed by atoms with van der Waals surface area (Å²) in [6.45, 7) is 4.54. The molecule has 22 heavy (non-hydrogen) atoms. The molecule has 0 bridgehead atoms. The van der Waals surface area contributed by atoms with Crippen molar-refractivity contribution in [3.8, 4) is 0 Å². The molecule has 4 nitrogen and oxygen atoms in total. The highest BCUT2D eigenvalue weighted by atomic mass is 35.5. The van der Waals surface area contributed by atoms with Gasteiger partial charge in [0.25, 0.3) is 5.91 Å². The third kappa shape index (κ3) is 5.61. The van der Waals surface area contributed by atoms with Crippen LogP contribution in [0.1, 0.15) is 29.9 Å². The molecule has 2 amide bonds. The number of nitrogens with zero attached hydrogens (tertiary/aromatic N) is 1. The first-order valence-electron chi connectivity index (χ1n) is 6.81. The number of carbonyl (C=O) groups excluding carboxylic acids is 2. The average Bonchev–Trinajstić information content (AvgIpc) is 2.81. The Hall–Kier alpha value is -0.490. The normalized spacial score (nSPS) is 12.3. The number of hydrogen-bond donors (Lipinski definition) is 1. The Kier molecular flexibility index (Phi) is 7.97. The summed E-state index contributed by atoms with van der Waals surface area (Å²) in [4.78, 5) is 25.8. The molecule has 0 radical (unpaired) electrons. The molecule has 8 heteroatoms. The van der Waals surface area contributed by atoms with E-state index >= 15 is 0 Å². The standard InChI is InChI=1S/C14H19Cl3N2O2S/c1-8(2)10(18-12(20)7-15)4-5-19(3)14(21)11-6-9(16)13(17)22-11/h6,8,10H,4-5,7H2,1-3H3,(H,18,20). The largest absolute Gasteiger partial charge is 0.352 e. The third-order valence-corrected chi connectivity index (χ3v) is 5.35. The van der Waals surface area contributed by atoms with Gasteiger partial charge >= 0.3 is 0 Å². The molecular weight excluding hydrogens is 367 g/mol. The van der Waals surface area contributed by atoms with Gasteiger partial charge in [-0.15, -0.1) is 22.9 Å². The van der Waals surface area contributed by atoms with E-state index in [2.05, 4.69) is 5.32 Å². The monoisotopic (exact) mass is 384 g/mol. The van der Waals surface area contributed by atoms with Crippen molar-refractivity contribution in [2.75, 3.05) is 19.5 Å². The number of nitrogens with one attached hydrogen (secondary N) is 1. The summed E-state index contributed by atoms with van der Waals surface area (Å²) in [7, 11) is 1.71. The molecule has 1 N–H and O–H groups in total. The first kappa shape index (κ1) is 19.6. The van der Waals surface area contributed by atoms with Crippen LogP contribution in [0.4, 0.5) is 0 Å². The Morgan fingerprint density at radius 2 is 2.00 bits per heavy atom. The maximum absolute atomic E-state index is 12.3. The lowest BCUT2D eigenvalue weighted by atomic mass is 10.0. The van der Waals surface area contributed by atoms with Crippen molar-refractivity contribution in [3.63, 3.8) is 0 Å². The van der Waals surface area contributed by atoms with Gasteiger partial charge in [0.1, 0.15) is 10.2 Å². The minimum Gasteiger partial charge on any atom is -0.352 e. The zero-order chi connectivity index (χ0) is 16.9. The van der Waals surface area contributed by atoms with Crippen molar-refractivity contribution in [2.45, 2.75) is 26.3 Å². The van der Waals surface area contributed by atoms with E-state index in [9.17, 15) is 9.59 Å². The summed E-state index contributed by atoms with van der Waals surface area (Å²) in [5, 5.41) is 3.25. The molecule has 0 aliphatic carbocycles. The van der Waals surface area contributed by atoms with E-state index in [1.807, 2.05) is 13.8 Å². The van der Waals surface area contributed by atoms with Crippen LogP contribution >= 0.6 is 46.1 Å². The summed E-state index contributed by atoms with van der Waals surface area (Å²) < 4.78 is 0.410. The van der Waals surface area contributed by atoms with Crippen molar-refractivity contribution < 1.29 is 9.59 Å². The molecule has 1 unspecified atom stereocenters. The van der Waals surface area contributed by atoms with Crippen LogP contribution in [0.15, 0.2) is 6.07 Å². The molecule has 1 heterocycles. The van der Waals surface area contributed by atoms with E-state index < -0.39 is 0 Å². The maximum atomic E-state index is 12.3. The maximum Gasteiger partial charge on any atom is 0.263 e. The van der Waals surface area contributed by atoms with E-state index in [0.717, 1.165) is 11.3 Å². The molecule has 1 aromatic heterocycles. The van der Waals surface area contributed by atoms with Crippen LogP contribution < -0.4 is 5.32 Å². The van der Waals surface area contributed by atoms with Gasteiger partial charge in [0, 0.05) is 19.6 Å². The highest BCUT2D eigenvalue weighted by Crippen LogP contribution is 2.32. The zero-order valence-electron chi connectivity index (χ0n) is 12.7. The van der Waals surface area contributed by atoms with Gasteiger partial charge in [-0.25, -0.2) is 0 Å². The Bertz CT molecular complexity index is 515. The highest BCUT2D eigenvalue weighted by Gasteiger charge is 2.20. The van der Waals surface area contributed by atoms with Crippen molar-refractivity contribution in [1.29, 1.82) is 0 Å². The quantitative estimate of drug-likeness (QED) is 0.724. The second kappa shape index (κ2) is 8.96. The summed E-state index contributed by atoms with van der Waals surface area (Å²) in [5.74, 6) is -0.151. The number of amides is 2. The summed E-state index contributed by atoms with van der Waals surface area (Å²) >= 11 is 18.4. The Labute approximate surface area is 149 Å². The average molecular weight is 386 g/mol. The number of carbonyl (C=O) groups is 2. The minimum absolute atomic E-state index is 0.0305. The van der Waals surface area contributed by atoms with Gasteiger partial charge in [-0.2, -0.15) is 0 Å². The van der Waals surface area contributed by atoms with Crippen LogP contribution in [0.3, 0.4) is 0 Å². The molecule has 124 valence electrons. The molecule has 0 aliphatic rings. The van der Waals surface area contributed by atoms with Crippen molar-refractivity contribution >= 4 is 58.0 Å². The number of rotatable bonds is 7. The van der Waals surface area contributed by atoms with Gasteiger partial charge in [-0.05, 0) is 18.4 Å². The van der Waals surface area contributed by atoms with E-state index in [0.29, 0.717) is 27.2 Å². The first-order valence-corrected chi connectivity index (χ1v) is 8.92. The van der Waals surface area contributed by atoms with Gasteiger partial charge in [0.15, 0.2) is 0 Å². The molecule has 1 rings (SSSR count). The fourth-order valence-electron chi connectivity index (χ4n) is 1.89. The van der Waals surface area contributed by atoms with Crippen LogP contribution in [-0.4, -0.2) is 42.2 Å². The zero-order valence-corrected chi connectivity index (χ0v) is 15.7. The summed E-state index contributed by atoms with van der Waals surface area (Å²) in [6, 6.07) is 1.54. The number of halogens is 3. The van der Waals surface area contributed by atoms with Crippen LogP contribution in [-0.2, 0) is 4.79 Å². The van der Waals surface area contributed by atoms with Crippen LogP contribution in [0, 0.1) is 5.92 Å². The minimum atomic E-state index is -0.203. The molecule has 0 aliphatic heterocycles. The van der Waals surface area contributed by atoms with Gasteiger partial charge in [-0.3, -0.25) is 9.59 Å². The Balaban J connectivity index is 2.60. The van der Waals surface area contributed by atoms with Crippen molar-refractivity contribution in [1.82, 2.24) is 10.2 Å². The molecule has 0 fully saturated rings. The van der Waals surface area contributed by atoms with Gasteiger partial charge < -0.3 is 10.2 Å². The van der Waals surface area contributed by atoms with E-state index in [4.69, 9.17) is 34.8 Å². The summed E-state index contributed by atoms with van der Waals surface area (Å²) in [6.07, 6.45) is 0.648. The van der Waals surface area contributed by atoms with Crippen LogP contribution in [0.25, 0.3) is 0 Å².